The van der Waals surface area contributed by atoms with E-state index in [4.69, 9.17) is 9.84 Å². The predicted octanol–water partition coefficient (Wildman–Crippen LogP) is 3.27. The highest BCUT2D eigenvalue weighted by atomic mass is 79.9. The van der Waals surface area contributed by atoms with Gasteiger partial charge in [0.25, 0.3) is 11.5 Å². The van der Waals surface area contributed by atoms with Crippen LogP contribution in [-0.4, -0.2) is 33.2 Å². The van der Waals surface area contributed by atoms with Crippen LogP contribution < -0.4 is 15.6 Å². The lowest BCUT2D eigenvalue weighted by Gasteiger charge is -2.15. The van der Waals surface area contributed by atoms with Crippen LogP contribution in [0.1, 0.15) is 28.4 Å². The molecule has 168 valence electrons. The molecule has 0 aliphatic carbocycles. The minimum atomic E-state index is -0.768. The SMILES string of the molecule is Cc1ccc(C(=O)NC(C)CO)cc1-n1cnc(OCc2ccc(F)cc2F)c(Br)c1=O. The van der Waals surface area contributed by atoms with Crippen molar-refractivity contribution in [1.29, 1.82) is 0 Å². The first-order valence-electron chi connectivity index (χ1n) is 9.58. The van der Waals surface area contributed by atoms with Gasteiger partial charge >= 0.3 is 0 Å². The number of amides is 1. The molecule has 10 heteroatoms. The fourth-order valence-corrected chi connectivity index (χ4v) is 3.24. The summed E-state index contributed by atoms with van der Waals surface area (Å²) in [6.45, 7) is 2.98. The summed E-state index contributed by atoms with van der Waals surface area (Å²) in [6, 6.07) is 7.52. The monoisotopic (exact) mass is 507 g/mol. The van der Waals surface area contributed by atoms with Gasteiger partial charge in [-0.25, -0.2) is 13.8 Å². The highest BCUT2D eigenvalue weighted by Gasteiger charge is 2.16. The minimum absolute atomic E-state index is 0.00526. The predicted molar refractivity (Wildman–Crippen MR) is 117 cm³/mol. The minimum Gasteiger partial charge on any atom is -0.472 e. The van der Waals surface area contributed by atoms with Crippen LogP contribution in [0.5, 0.6) is 5.88 Å². The summed E-state index contributed by atoms with van der Waals surface area (Å²) in [6.07, 6.45) is 1.24. The van der Waals surface area contributed by atoms with E-state index in [1.807, 2.05) is 0 Å². The van der Waals surface area contributed by atoms with E-state index in [1.54, 1.807) is 32.0 Å². The Bertz CT molecular complexity index is 1220. The average Bonchev–Trinajstić information content (AvgIpc) is 2.76. The number of carbonyl (C=O) groups excluding carboxylic acids is 1. The number of halogens is 3. The van der Waals surface area contributed by atoms with Gasteiger partial charge in [0, 0.05) is 23.2 Å². The van der Waals surface area contributed by atoms with E-state index in [2.05, 4.69) is 26.2 Å². The average molecular weight is 508 g/mol. The Hall–Kier alpha value is -3.11. The Morgan fingerprint density at radius 3 is 2.72 bits per heavy atom. The summed E-state index contributed by atoms with van der Waals surface area (Å²) in [4.78, 5) is 29.4. The molecule has 2 aromatic carbocycles. The van der Waals surface area contributed by atoms with Crippen molar-refractivity contribution in [1.82, 2.24) is 14.9 Å². The van der Waals surface area contributed by atoms with Crippen molar-refractivity contribution < 1.29 is 23.4 Å². The molecule has 7 nitrogen and oxygen atoms in total. The number of hydrogen-bond acceptors (Lipinski definition) is 5. The van der Waals surface area contributed by atoms with Crippen molar-refractivity contribution in [2.75, 3.05) is 6.61 Å². The molecule has 1 aromatic heterocycles. The molecule has 0 saturated carbocycles. The number of aliphatic hydroxyl groups excluding tert-OH is 1. The first kappa shape index (κ1) is 23.6. The second-order valence-electron chi connectivity index (χ2n) is 7.12. The van der Waals surface area contributed by atoms with Crippen molar-refractivity contribution in [3.63, 3.8) is 0 Å². The number of nitrogens with one attached hydrogen (secondary N) is 1. The molecule has 3 rings (SSSR count). The Morgan fingerprint density at radius 1 is 1.28 bits per heavy atom. The van der Waals surface area contributed by atoms with Crippen LogP contribution in [0.3, 0.4) is 0 Å². The number of aliphatic hydroxyl groups is 1. The third-order valence-corrected chi connectivity index (χ3v) is 5.32. The molecule has 1 unspecified atom stereocenters. The number of aryl methyl sites for hydroxylation is 1. The van der Waals surface area contributed by atoms with E-state index in [9.17, 15) is 18.4 Å². The topological polar surface area (TPSA) is 93.5 Å². The summed E-state index contributed by atoms with van der Waals surface area (Å²) in [5.41, 5.74) is 1.06. The standard InChI is InChI=1S/C22H20BrF2N3O4/c1-12-3-4-14(20(30)27-13(2)9-29)7-18(12)28-11-26-21(19(23)22(28)31)32-10-15-5-6-16(24)8-17(15)25/h3-8,11,13,29H,9-10H2,1-2H3,(H,27,30). The van der Waals surface area contributed by atoms with Gasteiger partial charge < -0.3 is 15.2 Å². The van der Waals surface area contributed by atoms with Crippen LogP contribution in [0, 0.1) is 18.6 Å². The van der Waals surface area contributed by atoms with Crippen molar-refractivity contribution in [3.05, 3.63) is 85.9 Å². The molecule has 0 aliphatic rings. The van der Waals surface area contributed by atoms with Gasteiger partial charge in [0.2, 0.25) is 5.88 Å². The summed E-state index contributed by atoms with van der Waals surface area (Å²) in [7, 11) is 0. The van der Waals surface area contributed by atoms with Gasteiger partial charge in [-0.3, -0.25) is 14.2 Å². The summed E-state index contributed by atoms with van der Waals surface area (Å²) >= 11 is 3.16. The van der Waals surface area contributed by atoms with Gasteiger partial charge in [0.15, 0.2) is 0 Å². The highest BCUT2D eigenvalue weighted by Crippen LogP contribution is 2.22. The zero-order valence-electron chi connectivity index (χ0n) is 17.2. The zero-order chi connectivity index (χ0) is 23.4. The van der Waals surface area contributed by atoms with E-state index in [-0.39, 0.29) is 29.1 Å². The van der Waals surface area contributed by atoms with E-state index >= 15 is 0 Å². The third kappa shape index (κ3) is 5.20. The Kier molecular flexibility index (Phi) is 7.37. The van der Waals surface area contributed by atoms with Crippen LogP contribution in [0.25, 0.3) is 5.69 Å². The fourth-order valence-electron chi connectivity index (χ4n) is 2.84. The molecular weight excluding hydrogens is 488 g/mol. The second-order valence-corrected chi connectivity index (χ2v) is 7.91. The van der Waals surface area contributed by atoms with Gasteiger partial charge in [0.05, 0.1) is 12.3 Å². The van der Waals surface area contributed by atoms with Crippen molar-refractivity contribution in [2.45, 2.75) is 26.5 Å². The molecule has 0 fully saturated rings. The lowest BCUT2D eigenvalue weighted by molar-refractivity contribution is 0.0922. The van der Waals surface area contributed by atoms with Crippen molar-refractivity contribution in [2.24, 2.45) is 0 Å². The first-order valence-corrected chi connectivity index (χ1v) is 10.4. The molecule has 3 aromatic rings. The summed E-state index contributed by atoms with van der Waals surface area (Å²) in [5.74, 6) is -1.92. The van der Waals surface area contributed by atoms with E-state index in [1.165, 1.54) is 17.0 Å². The van der Waals surface area contributed by atoms with Crippen LogP contribution >= 0.6 is 15.9 Å². The molecular formula is C22H20BrF2N3O4. The normalized spacial score (nSPS) is 11.8. The number of ether oxygens (including phenoxy) is 1. The lowest BCUT2D eigenvalue weighted by Crippen LogP contribution is -2.35. The quantitative estimate of drug-likeness (QED) is 0.511. The highest BCUT2D eigenvalue weighted by molar-refractivity contribution is 9.10. The van der Waals surface area contributed by atoms with Crippen molar-refractivity contribution >= 4 is 21.8 Å². The van der Waals surface area contributed by atoms with Gasteiger partial charge in [-0.2, -0.15) is 0 Å². The number of carbonyl (C=O) groups is 1. The summed E-state index contributed by atoms with van der Waals surface area (Å²) in [5, 5.41) is 11.8. The Morgan fingerprint density at radius 2 is 2.03 bits per heavy atom. The molecule has 0 saturated heterocycles. The molecule has 2 N–H and O–H groups in total. The maximum Gasteiger partial charge on any atom is 0.276 e. The molecule has 1 heterocycles. The number of hydrogen-bond donors (Lipinski definition) is 2. The van der Waals surface area contributed by atoms with Crippen LogP contribution in [0.2, 0.25) is 0 Å². The largest absolute Gasteiger partial charge is 0.472 e. The molecule has 0 bridgehead atoms. The number of rotatable bonds is 7. The van der Waals surface area contributed by atoms with E-state index in [0.717, 1.165) is 17.7 Å². The second kappa shape index (κ2) is 10.0. The van der Waals surface area contributed by atoms with Gasteiger partial charge in [-0.05, 0) is 59.6 Å². The third-order valence-electron chi connectivity index (χ3n) is 4.65. The Labute approximate surface area is 190 Å². The van der Waals surface area contributed by atoms with Crippen molar-refractivity contribution in [3.8, 4) is 11.6 Å². The first-order chi connectivity index (χ1) is 15.2. The van der Waals surface area contributed by atoms with Crippen LogP contribution in [-0.2, 0) is 6.61 Å². The fraction of sp³-hybridized carbons (Fsp3) is 0.227. The van der Waals surface area contributed by atoms with Gasteiger partial charge in [-0.1, -0.05) is 6.07 Å². The van der Waals surface area contributed by atoms with Gasteiger partial charge in [-0.15, -0.1) is 0 Å². The molecule has 0 aliphatic heterocycles. The van der Waals surface area contributed by atoms with E-state index in [0.29, 0.717) is 11.3 Å². The van der Waals surface area contributed by atoms with Crippen LogP contribution in [0.15, 0.2) is 52.0 Å². The Balaban J connectivity index is 1.88. The maximum absolute atomic E-state index is 13.8. The summed E-state index contributed by atoms with van der Waals surface area (Å²) < 4.78 is 33.5. The zero-order valence-corrected chi connectivity index (χ0v) is 18.8. The smallest absolute Gasteiger partial charge is 0.276 e. The molecule has 1 atom stereocenters. The molecule has 32 heavy (non-hydrogen) atoms. The van der Waals surface area contributed by atoms with Gasteiger partial charge in [0.1, 0.15) is 29.0 Å². The van der Waals surface area contributed by atoms with Crippen LogP contribution in [0.4, 0.5) is 8.78 Å². The molecule has 1 amide bonds. The number of aromatic nitrogens is 2. The number of nitrogens with zero attached hydrogens (tertiary/aromatic N) is 2. The molecule has 0 spiro atoms. The maximum atomic E-state index is 13.8. The molecule has 0 radical (unpaired) electrons. The lowest BCUT2D eigenvalue weighted by atomic mass is 10.1. The van der Waals surface area contributed by atoms with E-state index < -0.39 is 29.1 Å². The number of benzene rings is 2.